The minimum Gasteiger partial charge on any atom is -0.438 e. The van der Waals surface area contributed by atoms with Gasteiger partial charge in [-0.25, -0.2) is 13.8 Å². The molecule has 33 heavy (non-hydrogen) atoms. The predicted molar refractivity (Wildman–Crippen MR) is 120 cm³/mol. The van der Waals surface area contributed by atoms with Gasteiger partial charge < -0.3 is 14.5 Å². The maximum Gasteiger partial charge on any atom is 0.254 e. The maximum absolute atomic E-state index is 13.8. The number of halogens is 2. The highest BCUT2D eigenvalue weighted by Crippen LogP contribution is 2.33. The normalized spacial score (nSPS) is 15.5. The van der Waals surface area contributed by atoms with E-state index >= 15 is 0 Å². The Labute approximate surface area is 190 Å². The van der Waals surface area contributed by atoms with E-state index in [4.69, 9.17) is 14.7 Å². The molecule has 1 saturated heterocycles. The van der Waals surface area contributed by atoms with E-state index in [1.54, 1.807) is 24.0 Å². The third-order valence-electron chi connectivity index (χ3n) is 6.12. The Bertz CT molecular complexity index is 1190. The molecule has 0 bridgehead atoms. The fraction of sp³-hybridized carbons (Fsp3) is 0.320. The summed E-state index contributed by atoms with van der Waals surface area (Å²) in [5, 5.41) is 0. The standard InChI is InChI=1S/C25H24F2N4O2/c1-16-14-19(8-9-21(16)27)33-23-20-15-31(24(32)17-4-6-18(26)7-5-17)13-10-22(20)28-25(29-23)30-11-2-3-12-30/h4-9,14H,2-3,10-13,15H2,1H3. The van der Waals surface area contributed by atoms with Gasteiger partial charge in [0.25, 0.3) is 5.91 Å². The third kappa shape index (κ3) is 4.37. The molecule has 6 nitrogen and oxygen atoms in total. The van der Waals surface area contributed by atoms with E-state index < -0.39 is 0 Å². The molecular formula is C25H24F2N4O2. The van der Waals surface area contributed by atoms with Crippen LogP contribution >= 0.6 is 0 Å². The Morgan fingerprint density at radius 3 is 2.48 bits per heavy atom. The molecule has 8 heteroatoms. The summed E-state index contributed by atoms with van der Waals surface area (Å²) < 4.78 is 33.2. The van der Waals surface area contributed by atoms with Gasteiger partial charge in [-0.3, -0.25) is 4.79 Å². The van der Waals surface area contributed by atoms with Crippen molar-refractivity contribution in [3.63, 3.8) is 0 Å². The van der Waals surface area contributed by atoms with Crippen LogP contribution in [0.4, 0.5) is 14.7 Å². The average molecular weight is 450 g/mol. The van der Waals surface area contributed by atoms with Gasteiger partial charge in [0.1, 0.15) is 17.4 Å². The van der Waals surface area contributed by atoms with Crippen molar-refractivity contribution < 1.29 is 18.3 Å². The Morgan fingerprint density at radius 1 is 1.00 bits per heavy atom. The van der Waals surface area contributed by atoms with Gasteiger partial charge in [0.2, 0.25) is 11.8 Å². The second kappa shape index (κ2) is 8.77. The molecule has 0 radical (unpaired) electrons. The summed E-state index contributed by atoms with van der Waals surface area (Å²) in [5.41, 5.74) is 2.49. The number of hydrogen-bond acceptors (Lipinski definition) is 5. The number of benzene rings is 2. The molecule has 2 aliphatic rings. The molecule has 170 valence electrons. The first-order valence-corrected chi connectivity index (χ1v) is 11.1. The molecule has 0 unspecified atom stereocenters. The first-order chi connectivity index (χ1) is 16.0. The Morgan fingerprint density at radius 2 is 1.76 bits per heavy atom. The van der Waals surface area contributed by atoms with Gasteiger partial charge in [0.05, 0.1) is 17.8 Å². The van der Waals surface area contributed by atoms with Crippen LogP contribution in [0.1, 0.15) is 40.0 Å². The molecule has 0 N–H and O–H groups in total. The number of rotatable bonds is 4. The number of carbonyl (C=O) groups excluding carboxylic acids is 1. The fourth-order valence-electron chi connectivity index (χ4n) is 4.26. The van der Waals surface area contributed by atoms with Crippen molar-refractivity contribution in [3.05, 3.63) is 76.5 Å². The van der Waals surface area contributed by atoms with Crippen LogP contribution in [0.5, 0.6) is 11.6 Å². The number of amides is 1. The van der Waals surface area contributed by atoms with E-state index in [9.17, 15) is 13.6 Å². The Kier molecular flexibility index (Phi) is 5.66. The Balaban J connectivity index is 1.48. The predicted octanol–water partition coefficient (Wildman–Crippen LogP) is 4.65. The van der Waals surface area contributed by atoms with E-state index in [2.05, 4.69) is 4.90 Å². The van der Waals surface area contributed by atoms with Crippen LogP contribution in [-0.4, -0.2) is 40.4 Å². The summed E-state index contributed by atoms with van der Waals surface area (Å²) in [6.07, 6.45) is 2.74. The molecule has 0 atom stereocenters. The van der Waals surface area contributed by atoms with Crippen molar-refractivity contribution in [2.75, 3.05) is 24.5 Å². The zero-order valence-corrected chi connectivity index (χ0v) is 18.4. The number of aryl methyl sites for hydroxylation is 1. The molecule has 0 saturated carbocycles. The van der Waals surface area contributed by atoms with Gasteiger partial charge in [0, 0.05) is 31.6 Å². The van der Waals surface area contributed by atoms with Crippen molar-refractivity contribution in [1.29, 1.82) is 0 Å². The van der Waals surface area contributed by atoms with Crippen molar-refractivity contribution in [2.45, 2.75) is 32.7 Å². The Hall–Kier alpha value is -3.55. The fourth-order valence-corrected chi connectivity index (χ4v) is 4.26. The molecule has 2 aliphatic heterocycles. The zero-order valence-electron chi connectivity index (χ0n) is 18.4. The number of aromatic nitrogens is 2. The van der Waals surface area contributed by atoms with Crippen LogP contribution < -0.4 is 9.64 Å². The van der Waals surface area contributed by atoms with Crippen molar-refractivity contribution in [3.8, 4) is 11.6 Å². The van der Waals surface area contributed by atoms with Gasteiger partial charge in [0.15, 0.2) is 0 Å². The molecule has 1 aromatic heterocycles. The van der Waals surface area contributed by atoms with E-state index in [0.29, 0.717) is 41.7 Å². The minimum absolute atomic E-state index is 0.187. The molecule has 5 rings (SSSR count). The van der Waals surface area contributed by atoms with Crippen LogP contribution in [0.2, 0.25) is 0 Å². The lowest BCUT2D eigenvalue weighted by Gasteiger charge is -2.30. The summed E-state index contributed by atoms with van der Waals surface area (Å²) in [6, 6.07) is 10.1. The highest BCUT2D eigenvalue weighted by Gasteiger charge is 2.29. The maximum atomic E-state index is 13.8. The van der Waals surface area contributed by atoms with Crippen LogP contribution in [0.15, 0.2) is 42.5 Å². The highest BCUT2D eigenvalue weighted by molar-refractivity contribution is 5.94. The zero-order chi connectivity index (χ0) is 22.9. The van der Waals surface area contributed by atoms with E-state index in [0.717, 1.165) is 37.2 Å². The van der Waals surface area contributed by atoms with E-state index in [1.807, 2.05) is 0 Å². The average Bonchev–Trinajstić information content (AvgIpc) is 3.36. The molecule has 0 aliphatic carbocycles. The van der Waals surface area contributed by atoms with Crippen molar-refractivity contribution >= 4 is 11.9 Å². The topological polar surface area (TPSA) is 58.6 Å². The summed E-state index contributed by atoms with van der Waals surface area (Å²) in [6.45, 7) is 4.23. The van der Waals surface area contributed by atoms with Crippen LogP contribution in [0, 0.1) is 18.6 Å². The summed E-state index contributed by atoms with van der Waals surface area (Å²) in [7, 11) is 0. The number of carbonyl (C=O) groups is 1. The third-order valence-corrected chi connectivity index (χ3v) is 6.12. The highest BCUT2D eigenvalue weighted by atomic mass is 19.1. The lowest BCUT2D eigenvalue weighted by atomic mass is 10.1. The molecule has 0 spiro atoms. The quantitative estimate of drug-likeness (QED) is 0.579. The molecule has 3 heterocycles. The number of fused-ring (bicyclic) bond motifs is 1. The molecule has 1 amide bonds. The van der Waals surface area contributed by atoms with E-state index in [-0.39, 0.29) is 24.1 Å². The van der Waals surface area contributed by atoms with Gasteiger partial charge in [-0.05, 0) is 67.8 Å². The van der Waals surface area contributed by atoms with Crippen LogP contribution in [0.25, 0.3) is 0 Å². The van der Waals surface area contributed by atoms with Gasteiger partial charge >= 0.3 is 0 Å². The summed E-state index contributed by atoms with van der Waals surface area (Å²) >= 11 is 0. The lowest BCUT2D eigenvalue weighted by Crippen LogP contribution is -2.37. The minimum atomic E-state index is -0.386. The first kappa shape index (κ1) is 21.3. The number of ether oxygens (including phenoxy) is 1. The molecular weight excluding hydrogens is 426 g/mol. The second-order valence-electron chi connectivity index (χ2n) is 8.44. The smallest absolute Gasteiger partial charge is 0.254 e. The van der Waals surface area contributed by atoms with E-state index in [1.165, 1.54) is 30.3 Å². The molecule has 2 aromatic carbocycles. The molecule has 3 aromatic rings. The first-order valence-electron chi connectivity index (χ1n) is 11.1. The molecule has 1 fully saturated rings. The van der Waals surface area contributed by atoms with Gasteiger partial charge in [-0.2, -0.15) is 4.98 Å². The number of anilines is 1. The van der Waals surface area contributed by atoms with Gasteiger partial charge in [-0.15, -0.1) is 0 Å². The monoisotopic (exact) mass is 450 g/mol. The number of nitrogens with zero attached hydrogens (tertiary/aromatic N) is 4. The lowest BCUT2D eigenvalue weighted by molar-refractivity contribution is 0.0732. The number of hydrogen-bond donors (Lipinski definition) is 0. The van der Waals surface area contributed by atoms with Crippen LogP contribution in [0.3, 0.4) is 0 Å². The SMILES string of the molecule is Cc1cc(Oc2nc(N3CCCC3)nc3c2CN(C(=O)c2ccc(F)cc2)CC3)ccc1F. The van der Waals surface area contributed by atoms with Gasteiger partial charge in [-0.1, -0.05) is 0 Å². The summed E-state index contributed by atoms with van der Waals surface area (Å²) in [5.74, 6) is 0.601. The second-order valence-corrected chi connectivity index (χ2v) is 8.44. The summed E-state index contributed by atoms with van der Waals surface area (Å²) in [4.78, 5) is 26.3. The largest absolute Gasteiger partial charge is 0.438 e. The van der Waals surface area contributed by atoms with Crippen molar-refractivity contribution in [1.82, 2.24) is 14.9 Å². The van der Waals surface area contributed by atoms with Crippen LogP contribution in [-0.2, 0) is 13.0 Å². The van der Waals surface area contributed by atoms with Crippen molar-refractivity contribution in [2.24, 2.45) is 0 Å².